The van der Waals surface area contributed by atoms with Gasteiger partial charge in [-0.1, -0.05) is 35.9 Å². The van der Waals surface area contributed by atoms with Gasteiger partial charge in [-0.25, -0.2) is 4.79 Å². The molecule has 0 spiro atoms. The molecule has 1 aliphatic rings. The van der Waals surface area contributed by atoms with E-state index in [4.69, 9.17) is 16.3 Å². The van der Waals surface area contributed by atoms with Gasteiger partial charge < -0.3 is 9.72 Å². The predicted molar refractivity (Wildman–Crippen MR) is 108 cm³/mol. The first-order valence-electron chi connectivity index (χ1n) is 9.17. The van der Waals surface area contributed by atoms with E-state index in [1.54, 1.807) is 0 Å². The number of aromatic amines is 1. The van der Waals surface area contributed by atoms with Gasteiger partial charge in [0, 0.05) is 34.2 Å². The van der Waals surface area contributed by atoms with Gasteiger partial charge in [0.1, 0.15) is 5.60 Å². The van der Waals surface area contributed by atoms with Crippen molar-refractivity contribution < 1.29 is 9.53 Å². The van der Waals surface area contributed by atoms with Crippen molar-refractivity contribution >= 4 is 28.6 Å². The van der Waals surface area contributed by atoms with E-state index in [0.717, 1.165) is 28.5 Å². The summed E-state index contributed by atoms with van der Waals surface area (Å²) in [5.41, 5.74) is 3.89. The zero-order valence-electron chi connectivity index (χ0n) is 15.8. The Hall–Kier alpha value is -2.46. The first-order valence-corrected chi connectivity index (χ1v) is 9.55. The highest BCUT2D eigenvalue weighted by Gasteiger charge is 2.35. The van der Waals surface area contributed by atoms with Crippen LogP contribution in [0.3, 0.4) is 0 Å². The Bertz CT molecular complexity index is 1000. The first-order chi connectivity index (χ1) is 12.8. The summed E-state index contributed by atoms with van der Waals surface area (Å²) in [7, 11) is 0. The monoisotopic (exact) mass is 382 g/mol. The molecule has 2 aromatic carbocycles. The second kappa shape index (κ2) is 6.61. The molecule has 0 saturated carbocycles. The Kier molecular flexibility index (Phi) is 4.39. The Morgan fingerprint density at radius 2 is 1.96 bits per heavy atom. The Labute approximate surface area is 164 Å². The third-order valence-electron chi connectivity index (χ3n) is 4.88. The third-order valence-corrected chi connectivity index (χ3v) is 5.12. The number of halogens is 1. The lowest BCUT2D eigenvalue weighted by Gasteiger charge is -2.38. The fourth-order valence-electron chi connectivity index (χ4n) is 3.76. The molecule has 5 heteroatoms. The second-order valence-electron chi connectivity index (χ2n) is 7.96. The largest absolute Gasteiger partial charge is 0.444 e. The van der Waals surface area contributed by atoms with E-state index in [9.17, 15) is 4.79 Å². The molecule has 0 radical (unpaired) electrons. The molecular formula is C22H23ClN2O2. The number of benzene rings is 2. The van der Waals surface area contributed by atoms with Crippen LogP contribution in [0.15, 0.2) is 48.7 Å². The lowest BCUT2D eigenvalue weighted by Crippen LogP contribution is -2.43. The maximum Gasteiger partial charge on any atom is 0.411 e. The molecule has 0 aliphatic carbocycles. The summed E-state index contributed by atoms with van der Waals surface area (Å²) in [6, 6.07) is 13.9. The number of rotatable bonds is 1. The van der Waals surface area contributed by atoms with Crippen LogP contribution in [0.4, 0.5) is 4.79 Å². The summed E-state index contributed by atoms with van der Waals surface area (Å²) in [5.74, 6) is 0. The molecule has 1 atom stereocenters. The SMILES string of the molecule is CC(C)(C)OC(=O)N1CCc2ccccc2C1c1c[nH]c2ccc(Cl)cc12. The maximum atomic E-state index is 13.0. The highest BCUT2D eigenvalue weighted by Crippen LogP contribution is 2.39. The average molecular weight is 383 g/mol. The van der Waals surface area contributed by atoms with Crippen LogP contribution < -0.4 is 0 Å². The molecule has 1 unspecified atom stereocenters. The molecule has 4 rings (SSSR count). The van der Waals surface area contributed by atoms with Crippen molar-refractivity contribution in [3.63, 3.8) is 0 Å². The number of nitrogens with one attached hydrogen (secondary N) is 1. The number of hydrogen-bond donors (Lipinski definition) is 1. The van der Waals surface area contributed by atoms with Gasteiger partial charge >= 0.3 is 6.09 Å². The zero-order valence-corrected chi connectivity index (χ0v) is 16.5. The van der Waals surface area contributed by atoms with Crippen LogP contribution in [0.2, 0.25) is 5.02 Å². The molecule has 1 aromatic heterocycles. The summed E-state index contributed by atoms with van der Waals surface area (Å²) in [6.07, 6.45) is 2.50. The molecule has 0 bridgehead atoms. The van der Waals surface area contributed by atoms with Crippen LogP contribution in [0, 0.1) is 0 Å². The van der Waals surface area contributed by atoms with Crippen LogP contribution >= 0.6 is 11.6 Å². The number of aromatic nitrogens is 1. The van der Waals surface area contributed by atoms with Crippen molar-refractivity contribution in [1.29, 1.82) is 0 Å². The molecule has 27 heavy (non-hydrogen) atoms. The average Bonchev–Trinajstić information content (AvgIpc) is 3.02. The summed E-state index contributed by atoms with van der Waals surface area (Å²) >= 11 is 6.25. The highest BCUT2D eigenvalue weighted by atomic mass is 35.5. The predicted octanol–water partition coefficient (Wildman–Crippen LogP) is 5.70. The number of nitrogens with zero attached hydrogens (tertiary/aromatic N) is 1. The van der Waals surface area contributed by atoms with Crippen LogP contribution in [-0.4, -0.2) is 28.1 Å². The van der Waals surface area contributed by atoms with E-state index < -0.39 is 5.60 Å². The third kappa shape index (κ3) is 3.42. The van der Waals surface area contributed by atoms with Crippen molar-refractivity contribution in [1.82, 2.24) is 9.88 Å². The summed E-state index contributed by atoms with van der Waals surface area (Å²) in [5, 5.41) is 1.70. The van der Waals surface area contributed by atoms with Crippen LogP contribution in [0.5, 0.6) is 0 Å². The minimum Gasteiger partial charge on any atom is -0.444 e. The topological polar surface area (TPSA) is 45.3 Å². The standard InChI is InChI=1S/C22H23ClN2O2/c1-22(2,3)27-21(26)25-11-10-14-6-4-5-7-16(14)20(25)18-13-24-19-9-8-15(23)12-17(18)19/h4-9,12-13,20,24H,10-11H2,1-3H3. The number of amides is 1. The summed E-state index contributed by atoms with van der Waals surface area (Å²) in [4.78, 5) is 18.1. The summed E-state index contributed by atoms with van der Waals surface area (Å²) in [6.45, 7) is 6.29. The molecular weight excluding hydrogens is 360 g/mol. The maximum absolute atomic E-state index is 13.0. The van der Waals surface area contributed by atoms with Crippen molar-refractivity contribution in [2.75, 3.05) is 6.54 Å². The fraction of sp³-hybridized carbons (Fsp3) is 0.318. The number of fused-ring (bicyclic) bond motifs is 2. The minimum atomic E-state index is -0.540. The number of carbonyl (C=O) groups excluding carboxylic acids is 1. The molecule has 3 aromatic rings. The molecule has 4 nitrogen and oxygen atoms in total. The van der Waals surface area contributed by atoms with E-state index in [1.807, 2.05) is 62.2 Å². The Balaban J connectivity index is 1.85. The fourth-order valence-corrected chi connectivity index (χ4v) is 3.93. The lowest BCUT2D eigenvalue weighted by molar-refractivity contribution is 0.0179. The van der Waals surface area contributed by atoms with Crippen LogP contribution in [-0.2, 0) is 11.2 Å². The van der Waals surface area contributed by atoms with E-state index in [1.165, 1.54) is 5.56 Å². The van der Waals surface area contributed by atoms with E-state index in [0.29, 0.717) is 11.6 Å². The molecule has 0 saturated heterocycles. The number of ether oxygens (including phenoxy) is 1. The molecule has 1 aliphatic heterocycles. The minimum absolute atomic E-state index is 0.211. The van der Waals surface area contributed by atoms with Gasteiger partial charge in [0.05, 0.1) is 6.04 Å². The highest BCUT2D eigenvalue weighted by molar-refractivity contribution is 6.31. The van der Waals surface area contributed by atoms with Crippen molar-refractivity contribution in [3.8, 4) is 0 Å². The number of hydrogen-bond acceptors (Lipinski definition) is 2. The van der Waals surface area contributed by atoms with Crippen molar-refractivity contribution in [2.24, 2.45) is 0 Å². The quantitative estimate of drug-likeness (QED) is 0.586. The second-order valence-corrected chi connectivity index (χ2v) is 8.40. The first kappa shape index (κ1) is 17.9. The summed E-state index contributed by atoms with van der Waals surface area (Å²) < 4.78 is 5.71. The zero-order chi connectivity index (χ0) is 19.2. The number of carbonyl (C=O) groups is 1. The van der Waals surface area contributed by atoms with E-state index in [-0.39, 0.29) is 12.1 Å². The van der Waals surface area contributed by atoms with Gasteiger partial charge in [0.25, 0.3) is 0 Å². The van der Waals surface area contributed by atoms with Crippen molar-refractivity contribution in [3.05, 3.63) is 70.4 Å². The molecule has 1 N–H and O–H groups in total. The molecule has 0 fully saturated rings. The Morgan fingerprint density at radius 3 is 2.74 bits per heavy atom. The van der Waals surface area contributed by atoms with Crippen LogP contribution in [0.25, 0.3) is 10.9 Å². The number of H-pyrrole nitrogens is 1. The molecule has 2 heterocycles. The van der Waals surface area contributed by atoms with Crippen molar-refractivity contribution in [2.45, 2.75) is 38.8 Å². The van der Waals surface area contributed by atoms with E-state index >= 15 is 0 Å². The van der Waals surface area contributed by atoms with Gasteiger partial charge in [-0.2, -0.15) is 0 Å². The Morgan fingerprint density at radius 1 is 1.19 bits per heavy atom. The lowest BCUT2D eigenvalue weighted by atomic mass is 9.88. The normalized spacial score (nSPS) is 17.0. The molecule has 1 amide bonds. The van der Waals surface area contributed by atoms with Gasteiger partial charge in [-0.05, 0) is 56.5 Å². The smallest absolute Gasteiger partial charge is 0.411 e. The molecule has 140 valence electrons. The van der Waals surface area contributed by atoms with Gasteiger partial charge in [0.15, 0.2) is 0 Å². The van der Waals surface area contributed by atoms with E-state index in [2.05, 4.69) is 17.1 Å². The van der Waals surface area contributed by atoms with Gasteiger partial charge in [0.2, 0.25) is 0 Å². The van der Waals surface area contributed by atoms with Gasteiger partial charge in [-0.15, -0.1) is 0 Å². The van der Waals surface area contributed by atoms with Crippen LogP contribution in [0.1, 0.15) is 43.5 Å². The van der Waals surface area contributed by atoms with Gasteiger partial charge in [-0.3, -0.25) is 4.90 Å².